The van der Waals surface area contributed by atoms with Gasteiger partial charge in [-0.05, 0) is 45.7 Å². The van der Waals surface area contributed by atoms with Crippen LogP contribution in [0.5, 0.6) is 5.75 Å². The van der Waals surface area contributed by atoms with Gasteiger partial charge in [-0.15, -0.1) is 11.3 Å². The quantitative estimate of drug-likeness (QED) is 0.535. The van der Waals surface area contributed by atoms with E-state index < -0.39 is 5.60 Å². The van der Waals surface area contributed by atoms with E-state index in [1.165, 1.54) is 11.3 Å². The van der Waals surface area contributed by atoms with Gasteiger partial charge in [0.25, 0.3) is 11.8 Å². The summed E-state index contributed by atoms with van der Waals surface area (Å²) in [7, 11) is 0. The number of hydrogen-bond acceptors (Lipinski definition) is 7. The molecule has 2 aliphatic heterocycles. The molecular formula is C26H33ClN4O5S. The van der Waals surface area contributed by atoms with Gasteiger partial charge in [-0.25, -0.2) is 9.78 Å². The Morgan fingerprint density at radius 3 is 2.32 bits per heavy atom. The monoisotopic (exact) mass is 548 g/mol. The Kier molecular flexibility index (Phi) is 8.59. The van der Waals surface area contributed by atoms with Gasteiger partial charge in [0.05, 0.1) is 16.6 Å². The number of carbonyl (C=O) groups is 3. The minimum absolute atomic E-state index is 0.0807. The minimum atomic E-state index is -1.05. The molecule has 0 bridgehead atoms. The molecule has 1 aromatic heterocycles. The number of rotatable bonds is 6. The average molecular weight is 549 g/mol. The first-order valence-electron chi connectivity index (χ1n) is 12.6. The topological polar surface area (TPSA) is 92.3 Å². The molecule has 2 aromatic rings. The molecule has 0 radical (unpaired) electrons. The fourth-order valence-electron chi connectivity index (χ4n) is 4.60. The van der Waals surface area contributed by atoms with Gasteiger partial charge in [0.15, 0.2) is 5.60 Å². The zero-order valence-electron chi connectivity index (χ0n) is 21.4. The van der Waals surface area contributed by atoms with Crippen molar-refractivity contribution in [2.45, 2.75) is 45.1 Å². The van der Waals surface area contributed by atoms with Gasteiger partial charge in [-0.3, -0.25) is 9.59 Å². The predicted molar refractivity (Wildman–Crippen MR) is 141 cm³/mol. The van der Waals surface area contributed by atoms with Crippen LogP contribution in [0.15, 0.2) is 29.6 Å². The zero-order valence-corrected chi connectivity index (χ0v) is 23.0. The molecule has 37 heavy (non-hydrogen) atoms. The summed E-state index contributed by atoms with van der Waals surface area (Å²) < 4.78 is 11.0. The van der Waals surface area contributed by atoms with Gasteiger partial charge >= 0.3 is 6.09 Å². The van der Waals surface area contributed by atoms with Crippen molar-refractivity contribution >= 4 is 40.8 Å². The Bertz CT molecular complexity index is 1120. The van der Waals surface area contributed by atoms with Crippen LogP contribution < -0.4 is 4.74 Å². The minimum Gasteiger partial charge on any atom is -0.476 e. The third-order valence-electron chi connectivity index (χ3n) is 6.68. The van der Waals surface area contributed by atoms with Crippen molar-refractivity contribution in [3.8, 4) is 5.75 Å². The zero-order chi connectivity index (χ0) is 26.6. The number of carbonyl (C=O) groups excluding carboxylic acids is 3. The summed E-state index contributed by atoms with van der Waals surface area (Å²) >= 11 is 7.70. The molecular weight excluding hydrogens is 516 g/mol. The van der Waals surface area contributed by atoms with Gasteiger partial charge in [0.2, 0.25) is 0 Å². The van der Waals surface area contributed by atoms with Gasteiger partial charge < -0.3 is 24.2 Å². The first-order valence-corrected chi connectivity index (χ1v) is 13.8. The SMILES string of the molecule is CCOC(=O)N1CCN(C(=O)c2csc(C3CCN(C(=O)C(C)(C)Oc4ccccc4Cl)CC3)n2)CC1. The lowest BCUT2D eigenvalue weighted by molar-refractivity contribution is -0.146. The van der Waals surface area contributed by atoms with E-state index in [4.69, 9.17) is 21.1 Å². The highest BCUT2D eigenvalue weighted by Gasteiger charge is 2.37. The van der Waals surface area contributed by atoms with Gasteiger partial charge in [-0.2, -0.15) is 0 Å². The molecule has 11 heteroatoms. The van der Waals surface area contributed by atoms with Crippen LogP contribution in [0, 0.1) is 0 Å². The normalized spacial score (nSPS) is 17.0. The lowest BCUT2D eigenvalue weighted by Gasteiger charge is -2.36. The fraction of sp³-hybridized carbons (Fsp3) is 0.538. The van der Waals surface area contributed by atoms with E-state index >= 15 is 0 Å². The first kappa shape index (κ1) is 27.2. The number of thiazole rings is 1. The molecule has 0 aliphatic carbocycles. The second kappa shape index (κ2) is 11.7. The number of para-hydroxylation sites is 1. The van der Waals surface area contributed by atoms with Crippen molar-refractivity contribution < 1.29 is 23.9 Å². The van der Waals surface area contributed by atoms with Crippen molar-refractivity contribution in [3.05, 3.63) is 45.4 Å². The number of piperazine rings is 1. The number of piperidine rings is 1. The van der Waals surface area contributed by atoms with Crippen LogP contribution in [-0.4, -0.2) is 89.1 Å². The molecule has 0 N–H and O–H groups in total. The number of hydrogen-bond donors (Lipinski definition) is 0. The molecule has 0 unspecified atom stereocenters. The van der Waals surface area contributed by atoms with Gasteiger partial charge in [-0.1, -0.05) is 23.7 Å². The van der Waals surface area contributed by atoms with Crippen LogP contribution in [0.1, 0.15) is 55.0 Å². The van der Waals surface area contributed by atoms with Crippen LogP contribution in [0.4, 0.5) is 4.79 Å². The Morgan fingerprint density at radius 1 is 1.03 bits per heavy atom. The molecule has 0 spiro atoms. The van der Waals surface area contributed by atoms with E-state index in [2.05, 4.69) is 4.98 Å². The molecule has 2 saturated heterocycles. The number of aromatic nitrogens is 1. The van der Waals surface area contributed by atoms with Crippen molar-refractivity contribution in [1.82, 2.24) is 19.7 Å². The van der Waals surface area contributed by atoms with Crippen LogP contribution in [0.2, 0.25) is 5.02 Å². The summed E-state index contributed by atoms with van der Waals surface area (Å²) in [6.45, 7) is 8.63. The van der Waals surface area contributed by atoms with Gasteiger partial charge in [0.1, 0.15) is 11.4 Å². The van der Waals surface area contributed by atoms with Crippen LogP contribution in [0.25, 0.3) is 0 Å². The molecule has 200 valence electrons. The molecule has 4 rings (SSSR count). The van der Waals surface area contributed by atoms with Crippen LogP contribution in [-0.2, 0) is 9.53 Å². The number of benzene rings is 1. The second-order valence-electron chi connectivity index (χ2n) is 9.66. The lowest BCUT2D eigenvalue weighted by Crippen LogP contribution is -2.51. The third-order valence-corrected chi connectivity index (χ3v) is 8.00. The maximum atomic E-state index is 13.2. The molecule has 2 aliphatic rings. The summed E-state index contributed by atoms with van der Waals surface area (Å²) in [5.41, 5.74) is -0.604. The molecule has 0 saturated carbocycles. The highest BCUT2D eigenvalue weighted by atomic mass is 35.5. The van der Waals surface area contributed by atoms with E-state index in [9.17, 15) is 14.4 Å². The van der Waals surface area contributed by atoms with E-state index in [0.29, 0.717) is 62.3 Å². The Balaban J connectivity index is 1.29. The van der Waals surface area contributed by atoms with E-state index in [1.807, 2.05) is 22.4 Å². The number of halogens is 1. The smallest absolute Gasteiger partial charge is 0.409 e. The predicted octanol–water partition coefficient (Wildman–Crippen LogP) is 4.27. The van der Waals surface area contributed by atoms with Crippen molar-refractivity contribution in [1.29, 1.82) is 0 Å². The summed E-state index contributed by atoms with van der Waals surface area (Å²) in [5, 5.41) is 3.21. The van der Waals surface area contributed by atoms with Gasteiger partial charge in [0, 0.05) is 50.6 Å². The Hall–Kier alpha value is -2.85. The molecule has 1 aromatic carbocycles. The Labute approximate surface area is 226 Å². The van der Waals surface area contributed by atoms with E-state index in [0.717, 1.165) is 17.8 Å². The summed E-state index contributed by atoms with van der Waals surface area (Å²) in [6, 6.07) is 7.13. The highest BCUT2D eigenvalue weighted by molar-refractivity contribution is 7.09. The van der Waals surface area contributed by atoms with E-state index in [-0.39, 0.29) is 23.8 Å². The number of nitrogens with zero attached hydrogens (tertiary/aromatic N) is 4. The molecule has 0 atom stereocenters. The molecule has 3 heterocycles. The maximum Gasteiger partial charge on any atom is 0.409 e. The Morgan fingerprint density at radius 2 is 1.68 bits per heavy atom. The number of amides is 3. The van der Waals surface area contributed by atoms with Crippen molar-refractivity contribution in [2.24, 2.45) is 0 Å². The van der Waals surface area contributed by atoms with Crippen molar-refractivity contribution in [3.63, 3.8) is 0 Å². The van der Waals surface area contributed by atoms with E-state index in [1.54, 1.807) is 42.7 Å². The van der Waals surface area contributed by atoms with Crippen molar-refractivity contribution in [2.75, 3.05) is 45.9 Å². The third kappa shape index (κ3) is 6.35. The largest absolute Gasteiger partial charge is 0.476 e. The first-order chi connectivity index (χ1) is 17.7. The standard InChI is InChI=1S/C26H33ClN4O5S/c1-4-35-25(34)31-15-13-29(14-16-31)23(32)20-17-37-22(28-20)18-9-11-30(12-10-18)24(33)26(2,3)36-21-8-6-5-7-19(21)27/h5-8,17-18H,4,9-16H2,1-3H3. The summed E-state index contributed by atoms with van der Waals surface area (Å²) in [6.07, 6.45) is 1.20. The number of likely N-dealkylation sites (tertiary alicyclic amines) is 1. The fourth-order valence-corrected chi connectivity index (χ4v) is 5.74. The maximum absolute atomic E-state index is 13.2. The van der Waals surface area contributed by atoms with Crippen LogP contribution in [0.3, 0.4) is 0 Å². The lowest BCUT2D eigenvalue weighted by atomic mass is 9.96. The average Bonchev–Trinajstić information content (AvgIpc) is 3.40. The summed E-state index contributed by atoms with van der Waals surface area (Å²) in [5.74, 6) is 0.489. The number of ether oxygens (including phenoxy) is 2. The van der Waals surface area contributed by atoms with Crippen LogP contribution >= 0.6 is 22.9 Å². The molecule has 2 fully saturated rings. The highest BCUT2D eigenvalue weighted by Crippen LogP contribution is 2.33. The second-order valence-corrected chi connectivity index (χ2v) is 11.0. The summed E-state index contributed by atoms with van der Waals surface area (Å²) in [4.78, 5) is 47.9. The molecule has 3 amide bonds. The molecule has 9 nitrogen and oxygen atoms in total.